The largest absolute Gasteiger partial charge is 0.479 e. The number of amides is 1. The summed E-state index contributed by atoms with van der Waals surface area (Å²) in [6.45, 7) is 8.96. The molecule has 3 nitrogen and oxygen atoms in total. The summed E-state index contributed by atoms with van der Waals surface area (Å²) in [5.74, 6) is 0.773. The lowest BCUT2D eigenvalue weighted by molar-refractivity contribution is -0.125. The van der Waals surface area contributed by atoms with E-state index >= 15 is 0 Å². The molecule has 0 fully saturated rings. The smallest absolute Gasteiger partial charge is 0.268 e. The van der Waals surface area contributed by atoms with Gasteiger partial charge in [-0.25, -0.2) is 0 Å². The van der Waals surface area contributed by atoms with Crippen molar-refractivity contribution in [1.29, 1.82) is 0 Å². The molecule has 23 heavy (non-hydrogen) atoms. The van der Waals surface area contributed by atoms with Crippen LogP contribution in [0.4, 0.5) is 5.69 Å². The van der Waals surface area contributed by atoms with E-state index in [1.165, 1.54) is 5.56 Å². The number of anilines is 1. The van der Waals surface area contributed by atoms with Crippen molar-refractivity contribution in [3.05, 3.63) is 59.7 Å². The first kappa shape index (κ1) is 15.6. The van der Waals surface area contributed by atoms with Crippen molar-refractivity contribution in [2.24, 2.45) is 0 Å². The molecule has 0 N–H and O–H groups in total. The van der Waals surface area contributed by atoms with Crippen LogP contribution in [0.2, 0.25) is 0 Å². The van der Waals surface area contributed by atoms with Gasteiger partial charge < -0.3 is 9.64 Å². The zero-order valence-corrected chi connectivity index (χ0v) is 14.2. The van der Waals surface area contributed by atoms with Crippen LogP contribution >= 0.6 is 0 Å². The molecule has 0 saturated carbocycles. The number of rotatable bonds is 2. The fourth-order valence-corrected chi connectivity index (χ4v) is 2.81. The SMILES string of the molecule is CC1Oc2ccccc2N(Cc2ccc(C(C)(C)C)cc2)C1=O. The first-order chi connectivity index (χ1) is 10.9. The second-order valence-electron chi connectivity index (χ2n) is 7.10. The summed E-state index contributed by atoms with van der Waals surface area (Å²) in [7, 11) is 0. The van der Waals surface area contributed by atoms with Crippen molar-refractivity contribution in [1.82, 2.24) is 0 Å². The fourth-order valence-electron chi connectivity index (χ4n) is 2.81. The minimum absolute atomic E-state index is 0.00333. The number of carbonyl (C=O) groups is 1. The van der Waals surface area contributed by atoms with Gasteiger partial charge in [-0.05, 0) is 35.6 Å². The molecule has 3 heteroatoms. The third-order valence-electron chi connectivity index (χ3n) is 4.23. The van der Waals surface area contributed by atoms with Crippen molar-refractivity contribution in [2.75, 3.05) is 4.90 Å². The van der Waals surface area contributed by atoms with Gasteiger partial charge in [0.2, 0.25) is 0 Å². The number of carbonyl (C=O) groups excluding carboxylic acids is 1. The Morgan fingerprint density at radius 1 is 1.04 bits per heavy atom. The standard InChI is InChI=1S/C20H23NO2/c1-14-19(22)21(17-7-5-6-8-18(17)23-14)13-15-9-11-16(12-10-15)20(2,3)4/h5-12,14H,13H2,1-4H3. The molecule has 1 atom stereocenters. The van der Waals surface area contributed by atoms with E-state index in [2.05, 4.69) is 45.0 Å². The summed E-state index contributed by atoms with van der Waals surface area (Å²) >= 11 is 0. The van der Waals surface area contributed by atoms with Crippen LogP contribution in [0.15, 0.2) is 48.5 Å². The Labute approximate surface area is 137 Å². The Bertz CT molecular complexity index is 713. The predicted molar refractivity (Wildman–Crippen MR) is 92.9 cm³/mol. The van der Waals surface area contributed by atoms with E-state index in [1.54, 1.807) is 6.92 Å². The second kappa shape index (κ2) is 5.73. The highest BCUT2D eigenvalue weighted by Crippen LogP contribution is 2.34. The van der Waals surface area contributed by atoms with Gasteiger partial charge in [0.05, 0.1) is 12.2 Å². The van der Waals surface area contributed by atoms with Gasteiger partial charge in [-0.2, -0.15) is 0 Å². The fraction of sp³-hybridized carbons (Fsp3) is 0.350. The maximum absolute atomic E-state index is 12.5. The van der Waals surface area contributed by atoms with E-state index in [-0.39, 0.29) is 11.3 Å². The minimum atomic E-state index is -0.446. The molecule has 1 amide bonds. The van der Waals surface area contributed by atoms with E-state index in [0.717, 1.165) is 17.0 Å². The second-order valence-corrected chi connectivity index (χ2v) is 7.10. The molecule has 3 rings (SSSR count). The molecule has 120 valence electrons. The van der Waals surface area contributed by atoms with Crippen molar-refractivity contribution in [3.8, 4) is 5.75 Å². The van der Waals surface area contributed by atoms with Crippen molar-refractivity contribution < 1.29 is 9.53 Å². The molecular formula is C20H23NO2. The van der Waals surface area contributed by atoms with E-state index in [0.29, 0.717) is 6.54 Å². The quantitative estimate of drug-likeness (QED) is 0.828. The van der Waals surface area contributed by atoms with Gasteiger partial charge in [0.15, 0.2) is 6.10 Å². The summed E-state index contributed by atoms with van der Waals surface area (Å²) in [5, 5.41) is 0. The van der Waals surface area contributed by atoms with Crippen LogP contribution in [-0.2, 0) is 16.8 Å². The van der Waals surface area contributed by atoms with Crippen molar-refractivity contribution in [3.63, 3.8) is 0 Å². The number of para-hydroxylation sites is 2. The van der Waals surface area contributed by atoms with Crippen LogP contribution in [0, 0.1) is 0 Å². The molecule has 0 saturated heterocycles. The summed E-state index contributed by atoms with van der Waals surface area (Å²) < 4.78 is 5.68. The van der Waals surface area contributed by atoms with E-state index in [4.69, 9.17) is 4.74 Å². The molecule has 0 spiro atoms. The number of fused-ring (bicyclic) bond motifs is 1. The molecular weight excluding hydrogens is 286 g/mol. The van der Waals surface area contributed by atoms with Crippen LogP contribution < -0.4 is 9.64 Å². The molecule has 1 aliphatic heterocycles. The first-order valence-electron chi connectivity index (χ1n) is 8.03. The van der Waals surface area contributed by atoms with Gasteiger partial charge in [-0.1, -0.05) is 57.2 Å². The molecule has 1 unspecified atom stereocenters. The molecule has 0 bridgehead atoms. The Morgan fingerprint density at radius 3 is 2.35 bits per heavy atom. The van der Waals surface area contributed by atoms with Gasteiger partial charge >= 0.3 is 0 Å². The Kier molecular flexibility index (Phi) is 3.88. The summed E-state index contributed by atoms with van der Waals surface area (Å²) in [6, 6.07) is 16.2. The van der Waals surface area contributed by atoms with Crippen LogP contribution in [-0.4, -0.2) is 12.0 Å². The van der Waals surface area contributed by atoms with Gasteiger partial charge in [0, 0.05) is 0 Å². The highest BCUT2D eigenvalue weighted by molar-refractivity contribution is 5.99. The zero-order valence-electron chi connectivity index (χ0n) is 14.2. The zero-order chi connectivity index (χ0) is 16.6. The van der Waals surface area contributed by atoms with Crippen LogP contribution in [0.25, 0.3) is 0 Å². The molecule has 0 radical (unpaired) electrons. The predicted octanol–water partition coefficient (Wildman–Crippen LogP) is 4.30. The monoisotopic (exact) mass is 309 g/mol. The maximum Gasteiger partial charge on any atom is 0.268 e. The molecule has 1 heterocycles. The molecule has 1 aliphatic rings. The summed E-state index contributed by atoms with van der Waals surface area (Å²) in [4.78, 5) is 14.3. The normalized spacial score (nSPS) is 17.7. The number of nitrogens with zero attached hydrogens (tertiary/aromatic N) is 1. The summed E-state index contributed by atoms with van der Waals surface area (Å²) in [5.41, 5.74) is 3.39. The van der Waals surface area contributed by atoms with Crippen molar-refractivity contribution in [2.45, 2.75) is 45.8 Å². The lowest BCUT2D eigenvalue weighted by Gasteiger charge is -2.33. The Morgan fingerprint density at radius 2 is 1.70 bits per heavy atom. The maximum atomic E-state index is 12.5. The lowest BCUT2D eigenvalue weighted by atomic mass is 9.87. The van der Waals surface area contributed by atoms with Gasteiger partial charge in [-0.3, -0.25) is 4.79 Å². The topological polar surface area (TPSA) is 29.5 Å². The number of benzene rings is 2. The van der Waals surface area contributed by atoms with Gasteiger partial charge in [0.25, 0.3) is 5.91 Å². The van der Waals surface area contributed by atoms with Crippen LogP contribution in [0.1, 0.15) is 38.8 Å². The van der Waals surface area contributed by atoms with Crippen LogP contribution in [0.5, 0.6) is 5.75 Å². The van der Waals surface area contributed by atoms with E-state index in [9.17, 15) is 4.79 Å². The Balaban J connectivity index is 1.88. The molecule has 0 aliphatic carbocycles. The van der Waals surface area contributed by atoms with Crippen molar-refractivity contribution >= 4 is 11.6 Å². The molecule has 2 aromatic carbocycles. The number of ether oxygens (including phenoxy) is 1. The Hall–Kier alpha value is -2.29. The van der Waals surface area contributed by atoms with Crippen LogP contribution in [0.3, 0.4) is 0 Å². The third-order valence-corrected chi connectivity index (χ3v) is 4.23. The third kappa shape index (κ3) is 3.09. The highest BCUT2D eigenvalue weighted by atomic mass is 16.5. The molecule has 2 aromatic rings. The number of hydrogen-bond donors (Lipinski definition) is 0. The van der Waals surface area contributed by atoms with E-state index in [1.807, 2.05) is 29.2 Å². The number of hydrogen-bond acceptors (Lipinski definition) is 2. The van der Waals surface area contributed by atoms with Gasteiger partial charge in [-0.15, -0.1) is 0 Å². The first-order valence-corrected chi connectivity index (χ1v) is 8.03. The minimum Gasteiger partial charge on any atom is -0.479 e. The highest BCUT2D eigenvalue weighted by Gasteiger charge is 2.31. The van der Waals surface area contributed by atoms with E-state index < -0.39 is 6.10 Å². The molecule has 0 aromatic heterocycles. The van der Waals surface area contributed by atoms with Gasteiger partial charge in [0.1, 0.15) is 5.75 Å². The lowest BCUT2D eigenvalue weighted by Crippen LogP contribution is -2.43. The summed E-state index contributed by atoms with van der Waals surface area (Å²) in [6.07, 6.45) is -0.446. The average Bonchev–Trinajstić information content (AvgIpc) is 2.51. The average molecular weight is 309 g/mol.